The van der Waals surface area contributed by atoms with Crippen LogP contribution < -0.4 is 15.9 Å². The molecule has 0 atom stereocenters. The zero-order valence-corrected chi connectivity index (χ0v) is 19.6. The van der Waals surface area contributed by atoms with E-state index in [0.717, 1.165) is 12.8 Å². The number of Topliss-reactive ketones (excluding diaryl/α,β-unsaturated/α-hetero) is 1. The molecule has 0 unspecified atom stereocenters. The van der Waals surface area contributed by atoms with Crippen molar-refractivity contribution in [2.75, 3.05) is 6.16 Å². The standard InChI is InChI=1S/C26H30BrOP/c1-2-3-4-8-15-23(28)22-29(27,24-16-9-5-10-17-24,25-18-11-6-12-19-25)26-20-13-7-14-21-26/h5-7,9-14,16-21H,2-4,8,15,22H2,1H3. The van der Waals surface area contributed by atoms with E-state index in [1.165, 1.54) is 28.8 Å². The van der Waals surface area contributed by atoms with Gasteiger partial charge in [-0.05, 0) is 0 Å². The molecule has 0 fully saturated rings. The molecule has 3 aromatic rings. The summed E-state index contributed by atoms with van der Waals surface area (Å²) in [4.78, 5) is 13.3. The van der Waals surface area contributed by atoms with Crippen LogP contribution in [0.25, 0.3) is 0 Å². The minimum atomic E-state index is -3.11. The van der Waals surface area contributed by atoms with E-state index in [9.17, 15) is 4.79 Å². The van der Waals surface area contributed by atoms with Crippen LogP contribution in [0.4, 0.5) is 0 Å². The van der Waals surface area contributed by atoms with Crippen LogP contribution in [-0.4, -0.2) is 11.9 Å². The Hall–Kier alpha value is -1.76. The third kappa shape index (κ3) is 4.55. The number of hydrogen-bond donors (Lipinski definition) is 0. The number of rotatable bonds is 10. The van der Waals surface area contributed by atoms with Crippen LogP contribution in [0.2, 0.25) is 0 Å². The fraction of sp³-hybridized carbons (Fsp3) is 0.269. The van der Waals surface area contributed by atoms with Crippen LogP contribution in [0.5, 0.6) is 0 Å². The molecule has 0 aliphatic carbocycles. The van der Waals surface area contributed by atoms with Gasteiger partial charge in [-0.1, -0.05) is 0 Å². The summed E-state index contributed by atoms with van der Waals surface area (Å²) < 4.78 is 0. The monoisotopic (exact) mass is 468 g/mol. The zero-order chi connectivity index (χ0) is 20.6. The van der Waals surface area contributed by atoms with Gasteiger partial charge in [0.2, 0.25) is 0 Å². The molecule has 0 saturated heterocycles. The summed E-state index contributed by atoms with van der Waals surface area (Å²) in [5.41, 5.74) is 0. The number of hydrogen-bond acceptors (Lipinski definition) is 1. The van der Waals surface area contributed by atoms with Gasteiger partial charge in [0.25, 0.3) is 0 Å². The molecule has 3 rings (SSSR count). The minimum absolute atomic E-state index is 0.340. The van der Waals surface area contributed by atoms with Crippen molar-refractivity contribution in [3.63, 3.8) is 0 Å². The first kappa shape index (κ1) is 21.9. The summed E-state index contributed by atoms with van der Waals surface area (Å²) in [5.74, 6) is 0.340. The summed E-state index contributed by atoms with van der Waals surface area (Å²) in [5, 5.41) is 0.512. The second-order valence-corrected chi connectivity index (χ2v) is 16.6. The van der Waals surface area contributed by atoms with E-state index in [-0.39, 0.29) is 0 Å². The molecule has 3 heteroatoms. The fourth-order valence-corrected chi connectivity index (χ4v) is 11.7. The maximum absolute atomic E-state index is 13.3. The quantitative estimate of drug-likeness (QED) is 0.249. The summed E-state index contributed by atoms with van der Waals surface area (Å²) in [6, 6.07) is 31.7. The molecule has 29 heavy (non-hydrogen) atoms. The molecule has 152 valence electrons. The first-order chi connectivity index (χ1) is 14.1. The van der Waals surface area contributed by atoms with Gasteiger partial charge in [-0.15, -0.1) is 0 Å². The van der Waals surface area contributed by atoms with Crippen LogP contribution in [-0.2, 0) is 4.79 Å². The van der Waals surface area contributed by atoms with Crippen LogP contribution in [0.3, 0.4) is 0 Å². The van der Waals surface area contributed by atoms with E-state index in [2.05, 4.69) is 95.2 Å². The fourth-order valence-electron chi connectivity index (χ4n) is 4.10. The molecule has 0 spiro atoms. The van der Waals surface area contributed by atoms with Gasteiger partial charge in [-0.25, -0.2) is 0 Å². The number of unbranched alkanes of at least 4 members (excludes halogenated alkanes) is 3. The number of halogens is 1. The van der Waals surface area contributed by atoms with Crippen molar-refractivity contribution >= 4 is 42.5 Å². The Morgan fingerprint density at radius 1 is 0.690 bits per heavy atom. The predicted octanol–water partition coefficient (Wildman–Crippen LogP) is 6.37. The third-order valence-electron chi connectivity index (χ3n) is 5.67. The molecule has 0 amide bonds. The van der Waals surface area contributed by atoms with Gasteiger partial charge in [0.1, 0.15) is 0 Å². The topological polar surface area (TPSA) is 17.1 Å². The summed E-state index contributed by atoms with van der Waals surface area (Å²) in [7, 11) is 0. The van der Waals surface area contributed by atoms with E-state index in [0.29, 0.717) is 18.4 Å². The molecule has 0 aromatic heterocycles. The van der Waals surface area contributed by atoms with E-state index in [1.807, 2.05) is 18.2 Å². The Balaban J connectivity index is 2.15. The van der Waals surface area contributed by atoms with E-state index in [1.54, 1.807) is 0 Å². The van der Waals surface area contributed by atoms with Crippen molar-refractivity contribution < 1.29 is 4.79 Å². The summed E-state index contributed by atoms with van der Waals surface area (Å²) in [6.45, 7) is 2.20. The van der Waals surface area contributed by atoms with Gasteiger partial charge in [0.05, 0.1) is 0 Å². The maximum atomic E-state index is 13.3. The zero-order valence-electron chi connectivity index (χ0n) is 17.1. The Morgan fingerprint density at radius 3 is 1.48 bits per heavy atom. The van der Waals surface area contributed by atoms with Gasteiger partial charge in [0, 0.05) is 0 Å². The van der Waals surface area contributed by atoms with Crippen molar-refractivity contribution in [2.24, 2.45) is 0 Å². The van der Waals surface area contributed by atoms with Crippen molar-refractivity contribution in [3.05, 3.63) is 91.0 Å². The van der Waals surface area contributed by atoms with Crippen molar-refractivity contribution in [3.8, 4) is 0 Å². The van der Waals surface area contributed by atoms with Crippen LogP contribution in [0.15, 0.2) is 91.0 Å². The normalized spacial score (nSPS) is 12.8. The van der Waals surface area contributed by atoms with E-state index >= 15 is 0 Å². The molecular formula is C26H30BrOP. The summed E-state index contributed by atoms with van der Waals surface area (Å²) in [6.07, 6.45) is 5.64. The molecule has 1 nitrogen and oxygen atoms in total. The van der Waals surface area contributed by atoms with Gasteiger partial charge in [-0.3, -0.25) is 0 Å². The molecule has 0 bridgehead atoms. The molecule has 0 radical (unpaired) electrons. The van der Waals surface area contributed by atoms with Gasteiger partial charge >= 0.3 is 183 Å². The van der Waals surface area contributed by atoms with E-state index in [4.69, 9.17) is 0 Å². The van der Waals surface area contributed by atoms with Crippen LogP contribution in [0.1, 0.15) is 39.0 Å². The molecule has 3 aromatic carbocycles. The van der Waals surface area contributed by atoms with Gasteiger partial charge < -0.3 is 0 Å². The number of benzene rings is 3. The van der Waals surface area contributed by atoms with Gasteiger partial charge in [0.15, 0.2) is 0 Å². The predicted molar refractivity (Wildman–Crippen MR) is 133 cm³/mol. The molecule has 0 aliphatic heterocycles. The Morgan fingerprint density at radius 2 is 1.10 bits per heavy atom. The Kier molecular flexibility index (Phi) is 7.44. The molecule has 0 saturated carbocycles. The average Bonchev–Trinajstić information content (AvgIpc) is 2.78. The Labute approximate surface area is 183 Å². The first-order valence-corrected chi connectivity index (χ1v) is 14.9. The number of ketones is 1. The third-order valence-corrected chi connectivity index (χ3v) is 15.2. The van der Waals surface area contributed by atoms with Crippen LogP contribution in [0, 0.1) is 0 Å². The molecule has 0 N–H and O–H groups in total. The van der Waals surface area contributed by atoms with Crippen LogP contribution >= 0.6 is 20.8 Å². The van der Waals surface area contributed by atoms with Crippen molar-refractivity contribution in [1.82, 2.24) is 0 Å². The average molecular weight is 469 g/mol. The second-order valence-electron chi connectivity index (χ2n) is 7.70. The first-order valence-electron chi connectivity index (χ1n) is 10.5. The summed E-state index contributed by atoms with van der Waals surface area (Å²) >= 11 is 4.35. The molecular weight excluding hydrogens is 439 g/mol. The molecule has 0 aliphatic rings. The second kappa shape index (κ2) is 9.83. The Bertz CT molecular complexity index is 810. The van der Waals surface area contributed by atoms with E-state index < -0.39 is 5.31 Å². The number of carbonyl (C=O) groups excluding carboxylic acids is 1. The van der Waals surface area contributed by atoms with Crippen molar-refractivity contribution in [1.29, 1.82) is 0 Å². The molecule has 0 heterocycles. The SMILES string of the molecule is CCCCCCC(=O)CP(Br)(c1ccccc1)(c1ccccc1)c1ccccc1. The van der Waals surface area contributed by atoms with Crippen molar-refractivity contribution in [2.45, 2.75) is 39.0 Å². The van der Waals surface area contributed by atoms with Gasteiger partial charge in [-0.2, -0.15) is 0 Å². The number of carbonyl (C=O) groups is 1.